The van der Waals surface area contributed by atoms with Crippen molar-refractivity contribution in [1.82, 2.24) is 40.2 Å². The average molecular weight is 867 g/mol. The highest BCUT2D eigenvalue weighted by molar-refractivity contribution is 6.34. The molecule has 0 unspecified atom stereocenters. The molecule has 318 valence electrons. The first kappa shape index (κ1) is 42.6. The van der Waals surface area contributed by atoms with E-state index in [1.807, 2.05) is 44.4 Å². The van der Waals surface area contributed by atoms with Gasteiger partial charge in [-0.15, -0.1) is 0 Å². The van der Waals surface area contributed by atoms with Gasteiger partial charge in [-0.25, -0.2) is 9.59 Å². The molecule has 6 N–H and O–H groups in total. The third kappa shape index (κ3) is 10.8. The maximum absolute atomic E-state index is 12.4. The third-order valence-electron chi connectivity index (χ3n) is 9.14. The number of nitrogens with one attached hydrogen (secondary N) is 6. The van der Waals surface area contributed by atoms with Crippen molar-refractivity contribution >= 4 is 80.0 Å². The summed E-state index contributed by atoms with van der Waals surface area (Å²) in [4.78, 5) is 56.3. The number of pyridine rings is 2. The molecular formula is C44H39ClN12O6. The van der Waals surface area contributed by atoms with Crippen LogP contribution in [0.1, 0.15) is 21.0 Å². The molecule has 0 aliphatic carbocycles. The number of urea groups is 2. The van der Waals surface area contributed by atoms with Gasteiger partial charge in [-0.1, -0.05) is 17.7 Å². The summed E-state index contributed by atoms with van der Waals surface area (Å²) in [5.74, 6) is 1.21. The molecule has 0 spiro atoms. The topological polar surface area (TPSA) is 220 Å². The standard InChI is InChI=1S/C22H19ClN6O3.C22H20N6O3/c1-24-21(30)19-11-16(7-8-25-19)32-15-4-5-18(17(23)10-15)28-22(31)27-14-3-6-20-13(9-14)12-26-29(20)2;1-23-21(29)19-12-18(8-9-24-19)31-17-5-3-4-15(11-17)26-22(30)27-16-6-7-20-14(10-16)13-25-28(20)2/h3-12H,1-2H3,(H,24,30)(H2,27,28,31);3-13H,1-2H3,(H,23,29)(H2,26,27,30). The Morgan fingerprint density at radius 1 is 0.540 bits per heavy atom. The van der Waals surface area contributed by atoms with E-state index in [0.29, 0.717) is 50.8 Å². The summed E-state index contributed by atoms with van der Waals surface area (Å²) >= 11 is 6.32. The number of aryl methyl sites for hydroxylation is 2. The number of benzene rings is 4. The number of nitrogens with zero attached hydrogens (tertiary/aromatic N) is 6. The van der Waals surface area contributed by atoms with Gasteiger partial charge in [-0.2, -0.15) is 10.2 Å². The molecule has 4 heterocycles. The van der Waals surface area contributed by atoms with Crippen molar-refractivity contribution in [1.29, 1.82) is 0 Å². The van der Waals surface area contributed by atoms with Crippen LogP contribution in [0.2, 0.25) is 5.02 Å². The van der Waals surface area contributed by atoms with E-state index in [9.17, 15) is 19.2 Å². The summed E-state index contributed by atoms with van der Waals surface area (Å²) in [7, 11) is 6.78. The molecule has 0 saturated heterocycles. The SMILES string of the molecule is CNC(=O)c1cc(Oc2ccc(NC(=O)Nc3ccc4c(cnn4C)c3)c(Cl)c2)ccn1.CNC(=O)c1cc(Oc2cccc(NC(=O)Nc3ccc4c(cnn4C)c3)c2)ccn1. The van der Waals surface area contributed by atoms with Crippen molar-refractivity contribution in [3.05, 3.63) is 144 Å². The predicted octanol–water partition coefficient (Wildman–Crippen LogP) is 8.18. The number of halogens is 1. The van der Waals surface area contributed by atoms with Gasteiger partial charge in [0.25, 0.3) is 11.8 Å². The zero-order valence-corrected chi connectivity index (χ0v) is 34.9. The van der Waals surface area contributed by atoms with Crippen LogP contribution in [0.4, 0.5) is 32.3 Å². The van der Waals surface area contributed by atoms with Gasteiger partial charge in [-0.05, 0) is 72.8 Å². The molecule has 4 aromatic heterocycles. The van der Waals surface area contributed by atoms with Gasteiger partial charge < -0.3 is 41.4 Å². The number of aromatic nitrogens is 6. The molecule has 8 rings (SSSR count). The van der Waals surface area contributed by atoms with Gasteiger partial charge in [0.15, 0.2) is 0 Å². The van der Waals surface area contributed by atoms with Crippen LogP contribution in [0.5, 0.6) is 23.0 Å². The molecule has 0 radical (unpaired) electrons. The minimum atomic E-state index is -0.437. The average Bonchev–Trinajstić information content (AvgIpc) is 3.84. The molecule has 0 bridgehead atoms. The fraction of sp³-hybridized carbons (Fsp3) is 0.0909. The lowest BCUT2D eigenvalue weighted by Gasteiger charge is -2.11. The molecule has 18 nitrogen and oxygen atoms in total. The molecule has 63 heavy (non-hydrogen) atoms. The molecule has 0 aliphatic rings. The summed E-state index contributed by atoms with van der Waals surface area (Å²) < 4.78 is 15.1. The van der Waals surface area contributed by atoms with Gasteiger partial charge in [0.05, 0.1) is 34.1 Å². The van der Waals surface area contributed by atoms with Crippen LogP contribution < -0.4 is 41.4 Å². The maximum Gasteiger partial charge on any atom is 0.323 e. The van der Waals surface area contributed by atoms with Crippen LogP contribution >= 0.6 is 11.6 Å². The van der Waals surface area contributed by atoms with Crippen LogP contribution in [-0.2, 0) is 14.1 Å². The summed E-state index contributed by atoms with van der Waals surface area (Å²) in [5.41, 5.74) is 4.68. The number of carbonyl (C=O) groups is 4. The minimum absolute atomic E-state index is 0.232. The van der Waals surface area contributed by atoms with Gasteiger partial charge in [0.1, 0.15) is 34.4 Å². The Balaban J connectivity index is 0.000000189. The van der Waals surface area contributed by atoms with Crippen LogP contribution in [0.3, 0.4) is 0 Å². The molecule has 4 aromatic carbocycles. The monoisotopic (exact) mass is 866 g/mol. The Morgan fingerprint density at radius 3 is 1.52 bits per heavy atom. The van der Waals surface area contributed by atoms with Crippen molar-refractivity contribution in [2.75, 3.05) is 35.4 Å². The minimum Gasteiger partial charge on any atom is -0.457 e. The first-order valence-electron chi connectivity index (χ1n) is 19.1. The van der Waals surface area contributed by atoms with E-state index in [1.165, 1.54) is 32.6 Å². The largest absolute Gasteiger partial charge is 0.457 e. The number of ether oxygens (including phenoxy) is 2. The number of fused-ring (bicyclic) bond motifs is 2. The van der Waals surface area contributed by atoms with E-state index < -0.39 is 6.03 Å². The molecule has 0 atom stereocenters. The molecule has 0 aliphatic heterocycles. The van der Waals surface area contributed by atoms with Crippen molar-refractivity contribution < 1.29 is 28.7 Å². The van der Waals surface area contributed by atoms with Gasteiger partial charge >= 0.3 is 12.1 Å². The summed E-state index contributed by atoms with van der Waals surface area (Å²) in [6, 6.07) is 28.4. The normalized spacial score (nSPS) is 10.6. The predicted molar refractivity (Wildman–Crippen MR) is 240 cm³/mol. The van der Waals surface area contributed by atoms with E-state index in [1.54, 1.807) is 88.5 Å². The summed E-state index contributed by atoms with van der Waals surface area (Å²) in [6.45, 7) is 0. The quantitative estimate of drug-likeness (QED) is 0.0774. The highest BCUT2D eigenvalue weighted by Crippen LogP contribution is 2.31. The first-order chi connectivity index (χ1) is 30.4. The molecule has 0 fully saturated rings. The lowest BCUT2D eigenvalue weighted by atomic mass is 10.2. The lowest BCUT2D eigenvalue weighted by molar-refractivity contribution is 0.0950. The maximum atomic E-state index is 12.4. The first-order valence-corrected chi connectivity index (χ1v) is 19.4. The lowest BCUT2D eigenvalue weighted by Crippen LogP contribution is -2.19. The van der Waals surface area contributed by atoms with Crippen LogP contribution in [0.25, 0.3) is 21.8 Å². The number of anilines is 4. The van der Waals surface area contributed by atoms with E-state index in [2.05, 4.69) is 52.1 Å². The number of carbonyl (C=O) groups excluding carboxylic acids is 4. The Hall–Kier alpha value is -8.51. The Kier molecular flexibility index (Phi) is 13.0. The van der Waals surface area contributed by atoms with Crippen molar-refractivity contribution in [2.45, 2.75) is 0 Å². The molecular weight excluding hydrogens is 828 g/mol. The fourth-order valence-electron chi connectivity index (χ4n) is 6.08. The number of rotatable bonds is 10. The zero-order valence-electron chi connectivity index (χ0n) is 34.1. The molecule has 6 amide bonds. The van der Waals surface area contributed by atoms with Crippen LogP contribution in [0.15, 0.2) is 128 Å². The van der Waals surface area contributed by atoms with E-state index in [0.717, 1.165) is 21.8 Å². The Labute approximate surface area is 364 Å². The van der Waals surface area contributed by atoms with Crippen molar-refractivity contribution in [3.8, 4) is 23.0 Å². The summed E-state index contributed by atoms with van der Waals surface area (Å²) in [5, 5.41) is 26.6. The van der Waals surface area contributed by atoms with Crippen molar-refractivity contribution in [2.24, 2.45) is 14.1 Å². The van der Waals surface area contributed by atoms with E-state index in [-0.39, 0.29) is 29.2 Å². The highest BCUT2D eigenvalue weighted by atomic mass is 35.5. The Bertz CT molecular complexity index is 2990. The van der Waals surface area contributed by atoms with Crippen molar-refractivity contribution in [3.63, 3.8) is 0 Å². The third-order valence-corrected chi connectivity index (χ3v) is 9.46. The molecule has 19 heteroatoms. The molecule has 8 aromatic rings. The van der Waals surface area contributed by atoms with Crippen LogP contribution in [0, 0.1) is 0 Å². The van der Waals surface area contributed by atoms with E-state index >= 15 is 0 Å². The van der Waals surface area contributed by atoms with Crippen LogP contribution in [-0.4, -0.2) is 67.5 Å². The van der Waals surface area contributed by atoms with Gasteiger partial charge in [0, 0.05) is 92.7 Å². The zero-order chi connectivity index (χ0) is 44.5. The van der Waals surface area contributed by atoms with Gasteiger partial charge in [0.2, 0.25) is 0 Å². The number of amides is 6. The second kappa shape index (κ2) is 19.3. The Morgan fingerprint density at radius 2 is 1.02 bits per heavy atom. The second-order valence-corrected chi connectivity index (χ2v) is 13.9. The molecule has 0 saturated carbocycles. The number of hydrogen-bond acceptors (Lipinski definition) is 10. The van der Waals surface area contributed by atoms with Gasteiger partial charge in [-0.3, -0.25) is 28.9 Å². The highest BCUT2D eigenvalue weighted by Gasteiger charge is 2.12. The summed E-state index contributed by atoms with van der Waals surface area (Å²) in [6.07, 6.45) is 6.45. The number of hydrogen-bond donors (Lipinski definition) is 6. The fourth-order valence-corrected chi connectivity index (χ4v) is 6.30. The smallest absolute Gasteiger partial charge is 0.323 e. The second-order valence-electron chi connectivity index (χ2n) is 13.5. The van der Waals surface area contributed by atoms with E-state index in [4.69, 9.17) is 21.1 Å².